The third kappa shape index (κ3) is 2.85. The minimum absolute atomic E-state index is 0.0102. The predicted molar refractivity (Wildman–Crippen MR) is 75.0 cm³/mol. The normalized spacial score (nSPS) is 10.3. The van der Waals surface area contributed by atoms with Crippen molar-refractivity contribution in [2.24, 2.45) is 0 Å². The number of hydrogen-bond acceptors (Lipinski definition) is 4. The molecular weight excluding hydrogens is 285 g/mol. The molecule has 0 aliphatic carbocycles. The molecule has 0 spiro atoms. The van der Waals surface area contributed by atoms with E-state index in [2.05, 4.69) is 4.98 Å². The summed E-state index contributed by atoms with van der Waals surface area (Å²) >= 11 is 5.79. The number of aromatic nitrogens is 1. The smallest absolute Gasteiger partial charge is 0.276 e. The third-order valence-electron chi connectivity index (χ3n) is 2.71. The van der Waals surface area contributed by atoms with Crippen molar-refractivity contribution in [3.05, 3.63) is 57.5 Å². The number of para-hydroxylation sites is 1. The monoisotopic (exact) mass is 295 g/mol. The highest BCUT2D eigenvalue weighted by Gasteiger charge is 2.17. The number of pyridine rings is 1. The Kier molecular flexibility index (Phi) is 4.14. The summed E-state index contributed by atoms with van der Waals surface area (Å²) in [5, 5.41) is 10.8. The van der Waals surface area contributed by atoms with Gasteiger partial charge in [-0.05, 0) is 19.1 Å². The van der Waals surface area contributed by atoms with E-state index in [1.54, 1.807) is 25.1 Å². The number of nitro groups is 1. The number of anilines is 2. The molecule has 1 aromatic heterocycles. The lowest BCUT2D eigenvalue weighted by molar-refractivity contribution is -0.384. The summed E-state index contributed by atoms with van der Waals surface area (Å²) in [6, 6.07) is 8.56. The van der Waals surface area contributed by atoms with Gasteiger partial charge in [0, 0.05) is 6.54 Å². The molecule has 5 nitrogen and oxygen atoms in total. The quantitative estimate of drug-likeness (QED) is 0.487. The van der Waals surface area contributed by atoms with Crippen LogP contribution in [0, 0.1) is 15.9 Å². The lowest BCUT2D eigenvalue weighted by atomic mass is 10.2. The summed E-state index contributed by atoms with van der Waals surface area (Å²) < 4.78 is 13.8. The number of halogens is 2. The molecule has 0 atom stereocenters. The summed E-state index contributed by atoms with van der Waals surface area (Å²) in [4.78, 5) is 15.8. The minimum Gasteiger partial charge on any atom is -0.324 e. The molecule has 104 valence electrons. The molecular formula is C13H11ClFN3O2. The minimum atomic E-state index is -0.563. The maximum absolute atomic E-state index is 13.8. The van der Waals surface area contributed by atoms with Gasteiger partial charge < -0.3 is 4.90 Å². The molecule has 0 saturated heterocycles. The fourth-order valence-electron chi connectivity index (χ4n) is 1.84. The van der Waals surface area contributed by atoms with Gasteiger partial charge in [-0.3, -0.25) is 10.1 Å². The van der Waals surface area contributed by atoms with Crippen molar-refractivity contribution in [2.45, 2.75) is 6.92 Å². The van der Waals surface area contributed by atoms with Crippen LogP contribution in [0.15, 0.2) is 36.4 Å². The van der Waals surface area contributed by atoms with Gasteiger partial charge in [-0.1, -0.05) is 23.7 Å². The summed E-state index contributed by atoms with van der Waals surface area (Å²) in [6.07, 6.45) is 0. The lowest BCUT2D eigenvalue weighted by Crippen LogP contribution is -2.18. The zero-order valence-corrected chi connectivity index (χ0v) is 11.3. The SMILES string of the molecule is CCN(c1cc([N+](=O)[O-])cc(Cl)n1)c1ccccc1F. The van der Waals surface area contributed by atoms with Crippen molar-refractivity contribution in [1.29, 1.82) is 0 Å². The summed E-state index contributed by atoms with van der Waals surface area (Å²) in [7, 11) is 0. The summed E-state index contributed by atoms with van der Waals surface area (Å²) in [5.74, 6) is -0.199. The first-order chi connectivity index (χ1) is 9.52. The van der Waals surface area contributed by atoms with Crippen LogP contribution < -0.4 is 4.90 Å². The largest absolute Gasteiger partial charge is 0.324 e. The summed E-state index contributed by atoms with van der Waals surface area (Å²) in [5.41, 5.74) is 0.105. The van der Waals surface area contributed by atoms with Crippen molar-refractivity contribution in [1.82, 2.24) is 4.98 Å². The average Bonchev–Trinajstić information content (AvgIpc) is 2.41. The molecule has 2 rings (SSSR count). The molecule has 0 amide bonds. The molecule has 0 aliphatic rings. The molecule has 0 unspecified atom stereocenters. The van der Waals surface area contributed by atoms with E-state index < -0.39 is 10.7 Å². The van der Waals surface area contributed by atoms with Crippen LogP contribution in [-0.4, -0.2) is 16.5 Å². The number of rotatable bonds is 4. The highest BCUT2D eigenvalue weighted by atomic mass is 35.5. The van der Waals surface area contributed by atoms with Crippen LogP contribution in [0.25, 0.3) is 0 Å². The summed E-state index contributed by atoms with van der Waals surface area (Å²) in [6.45, 7) is 2.19. The molecule has 20 heavy (non-hydrogen) atoms. The van der Waals surface area contributed by atoms with Crippen molar-refractivity contribution >= 4 is 28.8 Å². The molecule has 0 aliphatic heterocycles. The maximum Gasteiger partial charge on any atom is 0.276 e. The van der Waals surface area contributed by atoms with Crippen molar-refractivity contribution in [3.63, 3.8) is 0 Å². The van der Waals surface area contributed by atoms with Crippen molar-refractivity contribution in [3.8, 4) is 0 Å². The van der Waals surface area contributed by atoms with Crippen molar-refractivity contribution < 1.29 is 9.31 Å². The van der Waals surface area contributed by atoms with Crippen LogP contribution in [0.1, 0.15) is 6.92 Å². The van der Waals surface area contributed by atoms with E-state index in [-0.39, 0.29) is 16.7 Å². The van der Waals surface area contributed by atoms with E-state index in [1.807, 2.05) is 0 Å². The molecule has 7 heteroatoms. The van der Waals surface area contributed by atoms with Gasteiger partial charge in [0.2, 0.25) is 0 Å². The molecule has 1 heterocycles. The van der Waals surface area contributed by atoms with Gasteiger partial charge in [-0.25, -0.2) is 9.37 Å². The molecule has 0 fully saturated rings. The van der Waals surface area contributed by atoms with E-state index in [1.165, 1.54) is 17.0 Å². The molecule has 0 bridgehead atoms. The fraction of sp³-hybridized carbons (Fsp3) is 0.154. The van der Waals surface area contributed by atoms with Gasteiger partial charge in [0.05, 0.1) is 22.7 Å². The second-order valence-electron chi connectivity index (χ2n) is 3.96. The standard InChI is InChI=1S/C13H11ClFN3O2/c1-2-17(11-6-4-3-5-10(11)15)13-8-9(18(19)20)7-12(14)16-13/h3-8H,2H2,1H3. The Bertz CT molecular complexity index is 651. The van der Waals surface area contributed by atoms with Crippen LogP contribution in [-0.2, 0) is 0 Å². The second-order valence-corrected chi connectivity index (χ2v) is 4.35. The van der Waals surface area contributed by atoms with Crippen LogP contribution in [0.4, 0.5) is 21.6 Å². The van der Waals surface area contributed by atoms with Crippen molar-refractivity contribution in [2.75, 3.05) is 11.4 Å². The zero-order chi connectivity index (χ0) is 14.7. The molecule has 2 aromatic rings. The average molecular weight is 296 g/mol. The highest BCUT2D eigenvalue weighted by Crippen LogP contribution is 2.30. The van der Waals surface area contributed by atoms with Gasteiger partial charge in [-0.15, -0.1) is 0 Å². The molecule has 0 saturated carbocycles. The first kappa shape index (κ1) is 14.2. The van der Waals surface area contributed by atoms with E-state index in [9.17, 15) is 14.5 Å². The third-order valence-corrected chi connectivity index (χ3v) is 2.91. The first-order valence-electron chi connectivity index (χ1n) is 5.87. The van der Waals surface area contributed by atoms with Gasteiger partial charge in [0.15, 0.2) is 0 Å². The first-order valence-corrected chi connectivity index (χ1v) is 6.24. The topological polar surface area (TPSA) is 59.3 Å². The van der Waals surface area contributed by atoms with Gasteiger partial charge in [-0.2, -0.15) is 0 Å². The van der Waals surface area contributed by atoms with E-state index in [0.29, 0.717) is 12.2 Å². The highest BCUT2D eigenvalue weighted by molar-refractivity contribution is 6.29. The second kappa shape index (κ2) is 5.83. The number of benzene rings is 1. The molecule has 0 N–H and O–H groups in total. The Morgan fingerprint density at radius 3 is 2.70 bits per heavy atom. The fourth-order valence-corrected chi connectivity index (χ4v) is 2.04. The number of nitrogens with zero attached hydrogens (tertiary/aromatic N) is 3. The maximum atomic E-state index is 13.8. The van der Waals surface area contributed by atoms with Crippen LogP contribution >= 0.6 is 11.6 Å². The molecule has 0 radical (unpaired) electrons. The van der Waals surface area contributed by atoms with Crippen LogP contribution in [0.3, 0.4) is 0 Å². The number of hydrogen-bond donors (Lipinski definition) is 0. The Morgan fingerprint density at radius 1 is 1.40 bits per heavy atom. The zero-order valence-electron chi connectivity index (χ0n) is 10.6. The van der Waals surface area contributed by atoms with Gasteiger partial charge in [0.25, 0.3) is 5.69 Å². The Morgan fingerprint density at radius 2 is 2.10 bits per heavy atom. The van der Waals surface area contributed by atoms with E-state index in [4.69, 9.17) is 11.6 Å². The Balaban J connectivity index is 2.52. The Hall–Kier alpha value is -2.21. The predicted octanol–water partition coefficient (Wildman–Crippen LogP) is 3.94. The molecule has 1 aromatic carbocycles. The van der Waals surface area contributed by atoms with Gasteiger partial charge >= 0.3 is 0 Å². The van der Waals surface area contributed by atoms with E-state index >= 15 is 0 Å². The van der Waals surface area contributed by atoms with Crippen LogP contribution in [0.5, 0.6) is 0 Å². The lowest BCUT2D eigenvalue weighted by Gasteiger charge is -2.22. The van der Waals surface area contributed by atoms with Gasteiger partial charge in [0.1, 0.15) is 16.8 Å². The van der Waals surface area contributed by atoms with Crippen LogP contribution in [0.2, 0.25) is 5.15 Å². The van der Waals surface area contributed by atoms with E-state index in [0.717, 1.165) is 6.07 Å². The Labute approximate surface area is 119 Å².